The number of aromatic nitrogens is 2. The Kier molecular flexibility index (Phi) is 14.7. The average Bonchev–Trinajstić information content (AvgIpc) is 4.21. The van der Waals surface area contributed by atoms with E-state index in [4.69, 9.17) is 19.2 Å². The fraction of sp³-hybridized carbons (Fsp3) is 0.596. The molecule has 10 rings (SSSR count). The molecule has 2 aromatic carbocycles. The summed E-state index contributed by atoms with van der Waals surface area (Å²) in [5, 5.41) is 9.17. The van der Waals surface area contributed by atoms with Gasteiger partial charge in [-0.25, -0.2) is 5.43 Å². The number of cyclic esters (lactones) is 1. The van der Waals surface area contributed by atoms with Crippen molar-refractivity contribution < 1.29 is 33.4 Å². The van der Waals surface area contributed by atoms with Crippen molar-refractivity contribution in [3.8, 4) is 28.1 Å². The number of hydrogen-bond donors (Lipinski definition) is 3. The number of methoxy groups -OCH3 is 1. The molecular formula is C57H77N9O7. The highest BCUT2D eigenvalue weighted by Crippen LogP contribution is 2.44. The summed E-state index contributed by atoms with van der Waals surface area (Å²) in [6, 6.07) is 13.2. The lowest BCUT2D eigenvalue weighted by molar-refractivity contribution is -0.155. The molecule has 0 spiro atoms. The molecule has 6 atom stereocenters. The number of benzene rings is 2. The van der Waals surface area contributed by atoms with Gasteiger partial charge in [0.1, 0.15) is 23.9 Å². The van der Waals surface area contributed by atoms with Gasteiger partial charge in [-0.1, -0.05) is 39.8 Å². The van der Waals surface area contributed by atoms with Crippen molar-refractivity contribution in [1.82, 2.24) is 40.4 Å². The second-order valence-electron chi connectivity index (χ2n) is 22.8. The molecule has 3 saturated heterocycles. The Balaban J connectivity index is 1.14. The van der Waals surface area contributed by atoms with Crippen LogP contribution in [0.2, 0.25) is 0 Å². The third-order valence-corrected chi connectivity index (χ3v) is 16.5. The van der Waals surface area contributed by atoms with Crippen LogP contribution in [0.4, 0.5) is 5.69 Å². The van der Waals surface area contributed by atoms with E-state index in [0.717, 1.165) is 88.0 Å². The summed E-state index contributed by atoms with van der Waals surface area (Å²) >= 11 is 0. The number of hydrazine groups is 1. The topological polar surface area (TPSA) is 163 Å². The van der Waals surface area contributed by atoms with Gasteiger partial charge in [-0.2, -0.15) is 0 Å². The molecule has 4 fully saturated rings. The van der Waals surface area contributed by atoms with Gasteiger partial charge in [-0.05, 0) is 117 Å². The normalized spacial score (nSPS) is 26.0. The Morgan fingerprint density at radius 1 is 0.890 bits per heavy atom. The van der Waals surface area contributed by atoms with Crippen LogP contribution in [-0.4, -0.2) is 145 Å². The van der Waals surface area contributed by atoms with Gasteiger partial charge < -0.3 is 39.2 Å². The van der Waals surface area contributed by atoms with E-state index in [2.05, 4.69) is 94.5 Å². The number of amides is 3. The summed E-state index contributed by atoms with van der Waals surface area (Å²) in [5.41, 5.74) is 11.6. The predicted molar refractivity (Wildman–Crippen MR) is 282 cm³/mol. The summed E-state index contributed by atoms with van der Waals surface area (Å²) < 4.78 is 21.5. The highest BCUT2D eigenvalue weighted by Gasteiger charge is 2.41. The van der Waals surface area contributed by atoms with E-state index < -0.39 is 35.4 Å². The molecule has 0 unspecified atom stereocenters. The van der Waals surface area contributed by atoms with E-state index in [1.165, 1.54) is 17.9 Å². The Bertz CT molecular complexity index is 2730. The standard InChI is InChI=1S/C57H77N9O7/c1-9-65-49-15-12-37-27-44(49)46(52(65)45-28-41(31-59-50(45)35(4)71-8)64-21-19-63(20-22-64)40-13-14-40)29-57(5,6)33-73-56(70)47-11-10-18-66(61-47)55(69)48-25-36-23-38(37)26-42(24-36)72-32-39-30-58-17-16-43(39)54(68)62(7)51(34(2)3)53(67)60-48/h12,15,23-24,26-28,31,34-35,39-40,43,47-48,51,58,61H,9-11,13-14,16-22,25,29-30,32-33H2,1-8H3,(H,60,67)/t35-,39+,43+,47-,48-,51-/m0/s1. The fourth-order valence-corrected chi connectivity index (χ4v) is 12.3. The second-order valence-corrected chi connectivity index (χ2v) is 22.8. The number of aryl methyl sites for hydroxylation is 1. The third-order valence-electron chi connectivity index (χ3n) is 16.5. The number of piperidine rings is 1. The van der Waals surface area contributed by atoms with E-state index in [0.29, 0.717) is 64.2 Å². The Morgan fingerprint density at radius 3 is 2.42 bits per heavy atom. The van der Waals surface area contributed by atoms with E-state index in [1.54, 1.807) is 19.1 Å². The zero-order valence-electron chi connectivity index (χ0n) is 44.3. The molecule has 6 aliphatic rings. The molecule has 392 valence electrons. The van der Waals surface area contributed by atoms with Crippen LogP contribution in [0, 0.1) is 23.2 Å². The first-order valence-electron chi connectivity index (χ1n) is 27.1. The van der Waals surface area contributed by atoms with Gasteiger partial charge in [0, 0.05) is 106 Å². The molecule has 4 aromatic rings. The lowest BCUT2D eigenvalue weighted by atomic mass is 9.84. The maximum atomic E-state index is 14.9. The van der Waals surface area contributed by atoms with Crippen LogP contribution < -0.4 is 25.7 Å². The van der Waals surface area contributed by atoms with E-state index in [9.17, 15) is 19.2 Å². The summed E-state index contributed by atoms with van der Waals surface area (Å²) in [6.07, 6.45) is 6.70. The number of piperazine rings is 1. The summed E-state index contributed by atoms with van der Waals surface area (Å²) in [4.78, 5) is 70.1. The largest absolute Gasteiger partial charge is 0.493 e. The van der Waals surface area contributed by atoms with Gasteiger partial charge in [-0.3, -0.25) is 34.1 Å². The van der Waals surface area contributed by atoms with E-state index >= 15 is 0 Å². The lowest BCUT2D eigenvalue weighted by Crippen LogP contribution is -2.62. The van der Waals surface area contributed by atoms with Gasteiger partial charge in [0.25, 0.3) is 5.91 Å². The Morgan fingerprint density at radius 2 is 1.68 bits per heavy atom. The predicted octanol–water partition coefficient (Wildman–Crippen LogP) is 6.13. The van der Waals surface area contributed by atoms with Gasteiger partial charge in [0.2, 0.25) is 11.8 Å². The minimum Gasteiger partial charge on any atom is -0.493 e. The van der Waals surface area contributed by atoms with E-state index in [1.807, 2.05) is 26.1 Å². The van der Waals surface area contributed by atoms with Crippen molar-refractivity contribution >= 4 is 40.3 Å². The monoisotopic (exact) mass is 1000 g/mol. The summed E-state index contributed by atoms with van der Waals surface area (Å²) in [6.45, 7) is 19.1. The lowest BCUT2D eigenvalue weighted by Gasteiger charge is -2.39. The van der Waals surface area contributed by atoms with Crippen LogP contribution in [0.3, 0.4) is 0 Å². The third kappa shape index (κ3) is 10.5. The number of pyridine rings is 1. The SMILES string of the molecule is CCn1c(-c2cc(N3CCN(C4CC4)CC3)cnc2[C@H](C)OC)c2c3cc(ccc31)-c1cc3cc(c1)OC[C@H]1CNCC[C@H]1C(=O)N(C)[C@@H](C(C)C)C(=O)N[C@@H](C3)C(=O)N1CCC[C@H](N1)C(=O)OCC(C)(C)C2. The molecule has 8 bridgehead atoms. The Labute approximate surface area is 430 Å². The smallest absolute Gasteiger partial charge is 0.324 e. The first-order valence-corrected chi connectivity index (χ1v) is 27.1. The maximum absolute atomic E-state index is 14.9. The number of nitrogens with zero attached hydrogens (tertiary/aromatic N) is 6. The van der Waals surface area contributed by atoms with Crippen molar-refractivity contribution in [3.63, 3.8) is 0 Å². The number of hydrogen-bond acceptors (Lipinski definition) is 12. The number of likely N-dealkylation sites (N-methyl/N-ethyl adjacent to an activating group) is 1. The number of carbonyl (C=O) groups excluding carboxylic acids is 4. The van der Waals surface area contributed by atoms with Crippen LogP contribution in [0.15, 0.2) is 48.7 Å². The number of anilines is 1. The number of nitrogens with one attached hydrogen (secondary N) is 3. The molecule has 7 heterocycles. The fourth-order valence-electron chi connectivity index (χ4n) is 12.3. The number of fused-ring (bicyclic) bond motifs is 8. The molecule has 0 radical (unpaired) electrons. The molecule has 2 aromatic heterocycles. The number of carbonyl (C=O) groups is 4. The average molecular weight is 1000 g/mol. The van der Waals surface area contributed by atoms with Gasteiger partial charge in [-0.15, -0.1) is 0 Å². The quantitative estimate of drug-likeness (QED) is 0.182. The highest BCUT2D eigenvalue weighted by molar-refractivity contribution is 5.96. The van der Waals surface area contributed by atoms with Gasteiger partial charge >= 0.3 is 5.97 Å². The van der Waals surface area contributed by atoms with Crippen LogP contribution >= 0.6 is 0 Å². The highest BCUT2D eigenvalue weighted by atomic mass is 16.5. The minimum atomic E-state index is -1.04. The first kappa shape index (κ1) is 51.0. The van der Waals surface area contributed by atoms with Gasteiger partial charge in [0.15, 0.2) is 0 Å². The Hall–Kier alpha value is -5.55. The van der Waals surface area contributed by atoms with Crippen molar-refractivity contribution in [1.29, 1.82) is 0 Å². The number of rotatable bonds is 7. The molecular weight excluding hydrogens is 923 g/mol. The van der Waals surface area contributed by atoms with E-state index in [-0.39, 0.29) is 48.7 Å². The van der Waals surface area contributed by atoms with Crippen LogP contribution in [-0.2, 0) is 48.0 Å². The summed E-state index contributed by atoms with van der Waals surface area (Å²) in [5.74, 6) is -1.43. The van der Waals surface area contributed by atoms with Crippen molar-refractivity contribution in [2.24, 2.45) is 23.2 Å². The zero-order chi connectivity index (χ0) is 51.3. The number of esters is 1. The van der Waals surface area contributed by atoms with Gasteiger partial charge in [0.05, 0.1) is 42.6 Å². The summed E-state index contributed by atoms with van der Waals surface area (Å²) in [7, 11) is 3.44. The molecule has 1 aliphatic carbocycles. The maximum Gasteiger partial charge on any atom is 0.324 e. The second kappa shape index (κ2) is 21.0. The van der Waals surface area contributed by atoms with Crippen molar-refractivity contribution in [3.05, 3.63) is 65.5 Å². The van der Waals surface area contributed by atoms with Crippen molar-refractivity contribution in [2.75, 3.05) is 78.1 Å². The molecule has 3 amide bonds. The minimum absolute atomic E-state index is 0.109. The van der Waals surface area contributed by atoms with Crippen LogP contribution in [0.1, 0.15) is 96.6 Å². The molecule has 73 heavy (non-hydrogen) atoms. The molecule has 16 nitrogen and oxygen atoms in total. The van der Waals surface area contributed by atoms with Crippen LogP contribution in [0.25, 0.3) is 33.3 Å². The van der Waals surface area contributed by atoms with Crippen molar-refractivity contribution in [2.45, 2.75) is 123 Å². The first-order chi connectivity index (χ1) is 35.1. The molecule has 3 N–H and O–H groups in total. The molecule has 16 heteroatoms. The van der Waals surface area contributed by atoms with Crippen LogP contribution in [0.5, 0.6) is 5.75 Å². The number of ether oxygens (including phenoxy) is 3. The molecule has 5 aliphatic heterocycles. The zero-order valence-corrected chi connectivity index (χ0v) is 44.3. The molecule has 1 saturated carbocycles.